The van der Waals surface area contributed by atoms with Crippen LogP contribution in [0.3, 0.4) is 0 Å². The first-order chi connectivity index (χ1) is 21.6. The molecule has 13 heteroatoms. The number of halogens is 1. The Morgan fingerprint density at radius 2 is 1.56 bits per heavy atom. The molecule has 1 unspecified atom stereocenters. The Morgan fingerprint density at radius 1 is 0.867 bits per heavy atom. The largest absolute Gasteiger partial charge is 0.491 e. The van der Waals surface area contributed by atoms with E-state index in [2.05, 4.69) is 0 Å². The van der Waals surface area contributed by atoms with Crippen LogP contribution >= 0.6 is 11.6 Å². The summed E-state index contributed by atoms with van der Waals surface area (Å²) in [5.74, 6) is -1.16. The molecule has 0 spiro atoms. The number of hydrogen-bond donors (Lipinski definition) is 1. The molecule has 1 atom stereocenters. The van der Waals surface area contributed by atoms with E-state index in [-0.39, 0.29) is 47.1 Å². The van der Waals surface area contributed by atoms with Gasteiger partial charge in [-0.3, -0.25) is 0 Å². The van der Waals surface area contributed by atoms with E-state index in [0.717, 1.165) is 15.4 Å². The number of aromatic carboxylic acids is 1. The Bertz CT molecular complexity index is 2100. The van der Waals surface area contributed by atoms with E-state index in [1.165, 1.54) is 42.5 Å². The van der Waals surface area contributed by atoms with Crippen LogP contribution in [0.2, 0.25) is 5.02 Å². The van der Waals surface area contributed by atoms with E-state index >= 15 is 0 Å². The summed E-state index contributed by atoms with van der Waals surface area (Å²) in [6.07, 6.45) is -0.688. The summed E-state index contributed by atoms with van der Waals surface area (Å²) in [4.78, 5) is 11.8. The van der Waals surface area contributed by atoms with Crippen molar-refractivity contribution >= 4 is 48.5 Å². The lowest BCUT2D eigenvalue weighted by Crippen LogP contribution is -2.47. The highest BCUT2D eigenvalue weighted by atomic mass is 35.5. The van der Waals surface area contributed by atoms with Gasteiger partial charge in [0.05, 0.1) is 17.0 Å². The normalized spacial score (nSPS) is 16.1. The van der Waals surface area contributed by atoms with Gasteiger partial charge in [-0.25, -0.2) is 25.6 Å². The molecule has 0 aliphatic carbocycles. The van der Waals surface area contributed by atoms with Crippen LogP contribution in [0.25, 0.3) is 22.0 Å². The molecule has 2 heterocycles. The number of ether oxygens (including phenoxy) is 2. The van der Waals surface area contributed by atoms with Crippen molar-refractivity contribution in [2.24, 2.45) is 0 Å². The number of carbonyl (C=O) groups is 1. The number of fused-ring (bicyclic) bond motifs is 1. The maximum absolute atomic E-state index is 14.3. The van der Waals surface area contributed by atoms with E-state index in [1.807, 2.05) is 48.5 Å². The van der Waals surface area contributed by atoms with Gasteiger partial charge in [-0.15, -0.1) is 0 Å². The summed E-state index contributed by atoms with van der Waals surface area (Å²) in [6.45, 7) is -0.202. The molecule has 4 aromatic carbocycles. The Kier molecular flexibility index (Phi) is 8.42. The summed E-state index contributed by atoms with van der Waals surface area (Å²) in [5, 5.41) is 10.3. The quantitative estimate of drug-likeness (QED) is 0.222. The monoisotopic (exact) mass is 666 g/mol. The van der Waals surface area contributed by atoms with Gasteiger partial charge in [0, 0.05) is 23.5 Å². The number of rotatable bonds is 9. The molecule has 5 aromatic rings. The molecule has 232 valence electrons. The van der Waals surface area contributed by atoms with Gasteiger partial charge < -0.3 is 14.6 Å². The fourth-order valence-electron chi connectivity index (χ4n) is 5.33. The molecule has 1 aromatic heterocycles. The summed E-state index contributed by atoms with van der Waals surface area (Å²) in [5.41, 5.74) is 0.916. The maximum Gasteiger partial charge on any atom is 0.355 e. The lowest BCUT2D eigenvalue weighted by atomic mass is 10.1. The predicted octanol–water partition coefficient (Wildman–Crippen LogP) is 5.37. The second kappa shape index (κ2) is 12.3. The number of benzene rings is 4. The fourth-order valence-corrected chi connectivity index (χ4v) is 8.90. The zero-order chi connectivity index (χ0) is 31.8. The van der Waals surface area contributed by atoms with E-state index in [0.29, 0.717) is 9.72 Å². The van der Waals surface area contributed by atoms with E-state index in [1.54, 1.807) is 12.1 Å². The first-order valence-electron chi connectivity index (χ1n) is 13.9. The Labute approximate surface area is 265 Å². The molecule has 0 amide bonds. The smallest absolute Gasteiger partial charge is 0.355 e. The number of carboxylic acids is 1. The Balaban J connectivity index is 1.34. The van der Waals surface area contributed by atoms with E-state index in [4.69, 9.17) is 21.1 Å². The highest BCUT2D eigenvalue weighted by molar-refractivity contribution is 7.91. The summed E-state index contributed by atoms with van der Waals surface area (Å²) < 4.78 is 69.5. The van der Waals surface area contributed by atoms with Crippen molar-refractivity contribution in [2.75, 3.05) is 26.3 Å². The van der Waals surface area contributed by atoms with Crippen molar-refractivity contribution in [1.82, 2.24) is 8.28 Å². The average molecular weight is 667 g/mol. The van der Waals surface area contributed by atoms with Gasteiger partial charge in [0.25, 0.3) is 10.0 Å². The molecule has 0 saturated carbocycles. The Hall–Kier alpha value is -4.20. The minimum absolute atomic E-state index is 0.0153. The van der Waals surface area contributed by atoms with Crippen LogP contribution in [0.4, 0.5) is 0 Å². The maximum atomic E-state index is 14.3. The number of sulfonamides is 1. The van der Waals surface area contributed by atoms with Gasteiger partial charge in [0.15, 0.2) is 5.69 Å². The molecular weight excluding hydrogens is 640 g/mol. The number of carboxylic acid groups (broad SMARTS) is 1. The van der Waals surface area contributed by atoms with Gasteiger partial charge in [-0.1, -0.05) is 72.3 Å². The Morgan fingerprint density at radius 3 is 2.27 bits per heavy atom. The van der Waals surface area contributed by atoms with Gasteiger partial charge >= 0.3 is 5.97 Å². The first kappa shape index (κ1) is 30.8. The van der Waals surface area contributed by atoms with Crippen LogP contribution in [-0.4, -0.2) is 68.6 Å². The molecule has 1 saturated heterocycles. The summed E-state index contributed by atoms with van der Waals surface area (Å²) >= 11 is 6.22. The van der Waals surface area contributed by atoms with Crippen LogP contribution in [0, 0.1) is 0 Å². The third kappa shape index (κ3) is 5.95. The molecule has 10 nitrogen and oxygen atoms in total. The van der Waals surface area contributed by atoms with Gasteiger partial charge in [-0.05, 0) is 53.6 Å². The van der Waals surface area contributed by atoms with Crippen molar-refractivity contribution < 1.29 is 36.2 Å². The number of morpholine rings is 1. The molecule has 1 aliphatic rings. The summed E-state index contributed by atoms with van der Waals surface area (Å²) in [7, 11) is -9.12. The van der Waals surface area contributed by atoms with Crippen LogP contribution in [0.5, 0.6) is 5.75 Å². The minimum Gasteiger partial charge on any atom is -0.491 e. The van der Waals surface area contributed by atoms with Crippen molar-refractivity contribution in [2.45, 2.75) is 15.9 Å². The van der Waals surface area contributed by atoms with Crippen LogP contribution < -0.4 is 4.74 Å². The number of aromatic nitrogens is 1. The third-order valence-corrected chi connectivity index (χ3v) is 11.3. The zero-order valence-corrected chi connectivity index (χ0v) is 26.0. The molecular formula is C32H27ClN2O8S2. The number of nitrogens with zero attached hydrogens (tertiary/aromatic N) is 2. The van der Waals surface area contributed by atoms with Crippen LogP contribution in [0.1, 0.15) is 10.5 Å². The molecule has 0 bridgehead atoms. The zero-order valence-electron chi connectivity index (χ0n) is 23.6. The molecule has 1 N–H and O–H groups in total. The van der Waals surface area contributed by atoms with Crippen molar-refractivity contribution in [3.8, 4) is 16.9 Å². The van der Waals surface area contributed by atoms with Crippen molar-refractivity contribution in [3.63, 3.8) is 0 Å². The van der Waals surface area contributed by atoms with Gasteiger partial charge in [0.2, 0.25) is 10.0 Å². The van der Waals surface area contributed by atoms with Gasteiger partial charge in [-0.2, -0.15) is 4.31 Å². The number of hydrogen-bond acceptors (Lipinski definition) is 7. The van der Waals surface area contributed by atoms with Gasteiger partial charge in [0.1, 0.15) is 23.4 Å². The lowest BCUT2D eigenvalue weighted by Gasteiger charge is -2.32. The van der Waals surface area contributed by atoms with Crippen LogP contribution in [-0.2, 0) is 24.8 Å². The van der Waals surface area contributed by atoms with Crippen molar-refractivity contribution in [1.29, 1.82) is 0 Å². The molecule has 6 rings (SSSR count). The van der Waals surface area contributed by atoms with Crippen LogP contribution in [0.15, 0.2) is 113 Å². The second-order valence-corrected chi connectivity index (χ2v) is 14.4. The molecule has 1 aliphatic heterocycles. The topological polar surface area (TPSA) is 132 Å². The molecule has 0 radical (unpaired) electrons. The fraction of sp³-hybridized carbons (Fsp3) is 0.156. The minimum atomic E-state index is -4.59. The highest BCUT2D eigenvalue weighted by Gasteiger charge is 2.40. The second-order valence-electron chi connectivity index (χ2n) is 10.3. The highest BCUT2D eigenvalue weighted by Crippen LogP contribution is 2.37. The standard InChI is InChI=1S/C32H27ClN2O8S2/c33-24-14-15-29-28(19-24)31(30(32(36)37)35(29)44(38,39)27-12-5-2-6-13-27)45(40,41)34-16-17-42-26(20-34)21-43-25-11-7-10-23(18-25)22-8-3-1-4-9-22/h1-15,18-19,26H,16-17,20-21H2,(H,36,37). The van der Waals surface area contributed by atoms with Crippen molar-refractivity contribution in [3.05, 3.63) is 114 Å². The predicted molar refractivity (Wildman–Crippen MR) is 169 cm³/mol. The lowest BCUT2D eigenvalue weighted by molar-refractivity contribution is -0.0249. The summed E-state index contributed by atoms with van der Waals surface area (Å²) in [6, 6.07) is 28.3. The average Bonchev–Trinajstić information content (AvgIpc) is 3.41. The van der Waals surface area contributed by atoms with E-state index < -0.39 is 42.7 Å². The first-order valence-corrected chi connectivity index (χ1v) is 17.1. The third-order valence-electron chi connectivity index (χ3n) is 7.40. The molecule has 45 heavy (non-hydrogen) atoms. The molecule has 1 fully saturated rings. The SMILES string of the molecule is O=C(O)c1c(S(=O)(=O)N2CCOC(COc3cccc(-c4ccccc4)c3)C2)c2cc(Cl)ccc2n1S(=O)(=O)c1ccccc1. The van der Waals surface area contributed by atoms with E-state index in [9.17, 15) is 26.7 Å².